The van der Waals surface area contributed by atoms with Gasteiger partial charge in [0.2, 0.25) is 5.91 Å². The molecule has 0 radical (unpaired) electrons. The second-order valence-corrected chi connectivity index (χ2v) is 5.42. The summed E-state index contributed by atoms with van der Waals surface area (Å²) in [6.07, 6.45) is 0.101. The number of nitrogens with one attached hydrogen (secondary N) is 1. The number of esters is 1. The van der Waals surface area contributed by atoms with Crippen molar-refractivity contribution >= 4 is 11.9 Å². The zero-order chi connectivity index (χ0) is 16.2. The quantitative estimate of drug-likeness (QED) is 0.864. The van der Waals surface area contributed by atoms with Crippen LogP contribution < -0.4 is 5.32 Å². The van der Waals surface area contributed by atoms with Crippen LogP contribution >= 0.6 is 0 Å². The average Bonchev–Trinajstić information content (AvgIpc) is 2.84. The van der Waals surface area contributed by atoms with Gasteiger partial charge in [-0.05, 0) is 30.2 Å². The Kier molecular flexibility index (Phi) is 4.37. The van der Waals surface area contributed by atoms with E-state index >= 15 is 0 Å². The molecular formula is C18H16FNO3. The van der Waals surface area contributed by atoms with E-state index in [1.165, 1.54) is 12.1 Å². The summed E-state index contributed by atoms with van der Waals surface area (Å²) in [6.45, 7) is 0.407. The number of carbonyl (C=O) groups is 2. The fourth-order valence-electron chi connectivity index (χ4n) is 2.65. The van der Waals surface area contributed by atoms with Crippen molar-refractivity contribution in [1.82, 2.24) is 5.32 Å². The first kappa shape index (κ1) is 15.2. The van der Waals surface area contributed by atoms with E-state index in [-0.39, 0.29) is 18.1 Å². The molecule has 1 aliphatic rings. The smallest absolute Gasteiger partial charge is 0.339 e. The van der Waals surface area contributed by atoms with E-state index in [4.69, 9.17) is 4.74 Å². The monoisotopic (exact) mass is 313 g/mol. The lowest BCUT2D eigenvalue weighted by molar-refractivity contribution is -0.122. The Balaban J connectivity index is 1.52. The molecule has 1 atom stereocenters. The predicted molar refractivity (Wildman–Crippen MR) is 82.3 cm³/mol. The van der Waals surface area contributed by atoms with Crippen molar-refractivity contribution < 1.29 is 18.7 Å². The highest BCUT2D eigenvalue weighted by Gasteiger charge is 2.31. The third-order valence-electron chi connectivity index (χ3n) is 3.77. The Labute approximate surface area is 133 Å². The fourth-order valence-corrected chi connectivity index (χ4v) is 2.65. The van der Waals surface area contributed by atoms with Gasteiger partial charge < -0.3 is 10.1 Å². The van der Waals surface area contributed by atoms with Crippen molar-refractivity contribution in [1.29, 1.82) is 0 Å². The molecule has 0 aromatic heterocycles. The minimum atomic E-state index is -0.534. The molecule has 1 N–H and O–H groups in total. The van der Waals surface area contributed by atoms with E-state index in [1.54, 1.807) is 24.3 Å². The second kappa shape index (κ2) is 6.60. The number of cyclic esters (lactones) is 1. The molecule has 1 amide bonds. The standard InChI is InChI=1S/C18H16FNO3/c19-13-5-3-4-12(10-13)8-9-20-17(21)11-16-14-6-1-2-7-15(14)18(22)23-16/h1-7,10,16H,8-9,11H2,(H,20,21)/t16-/m1/s1. The number of benzene rings is 2. The van der Waals surface area contributed by atoms with Gasteiger partial charge in [-0.25, -0.2) is 9.18 Å². The second-order valence-electron chi connectivity index (χ2n) is 5.42. The van der Waals surface area contributed by atoms with Crippen LogP contribution in [0.2, 0.25) is 0 Å². The first-order valence-corrected chi connectivity index (χ1v) is 7.44. The van der Waals surface area contributed by atoms with Crippen LogP contribution in [-0.2, 0) is 16.0 Å². The van der Waals surface area contributed by atoms with Gasteiger partial charge in [-0.2, -0.15) is 0 Å². The molecule has 0 saturated carbocycles. The number of amides is 1. The minimum Gasteiger partial charge on any atom is -0.453 e. The highest BCUT2D eigenvalue weighted by atomic mass is 19.1. The number of ether oxygens (including phenoxy) is 1. The highest BCUT2D eigenvalue weighted by molar-refractivity contribution is 5.94. The maximum atomic E-state index is 13.1. The number of hydrogen-bond acceptors (Lipinski definition) is 3. The van der Waals surface area contributed by atoms with Gasteiger partial charge in [-0.15, -0.1) is 0 Å². The van der Waals surface area contributed by atoms with Gasteiger partial charge in [0.25, 0.3) is 0 Å². The van der Waals surface area contributed by atoms with Crippen molar-refractivity contribution in [2.45, 2.75) is 18.9 Å². The SMILES string of the molecule is O=C(C[C@H]1OC(=O)c2ccccc21)NCCc1cccc(F)c1. The van der Waals surface area contributed by atoms with E-state index < -0.39 is 12.1 Å². The van der Waals surface area contributed by atoms with E-state index in [0.29, 0.717) is 18.5 Å². The summed E-state index contributed by atoms with van der Waals surface area (Å²) in [5, 5.41) is 2.77. The summed E-state index contributed by atoms with van der Waals surface area (Å²) in [5.41, 5.74) is 2.09. The van der Waals surface area contributed by atoms with Crippen LogP contribution in [-0.4, -0.2) is 18.4 Å². The van der Waals surface area contributed by atoms with Gasteiger partial charge in [0.15, 0.2) is 0 Å². The summed E-state index contributed by atoms with van der Waals surface area (Å²) in [6, 6.07) is 13.3. The van der Waals surface area contributed by atoms with Crippen LogP contribution in [0.4, 0.5) is 4.39 Å². The van der Waals surface area contributed by atoms with Crippen LogP contribution in [0.1, 0.15) is 34.0 Å². The fraction of sp³-hybridized carbons (Fsp3) is 0.222. The van der Waals surface area contributed by atoms with Gasteiger partial charge >= 0.3 is 5.97 Å². The first-order valence-electron chi connectivity index (χ1n) is 7.44. The lowest BCUT2D eigenvalue weighted by atomic mass is 10.0. The molecule has 23 heavy (non-hydrogen) atoms. The maximum absolute atomic E-state index is 13.1. The van der Waals surface area contributed by atoms with Crippen molar-refractivity contribution in [3.63, 3.8) is 0 Å². The molecule has 0 bridgehead atoms. The van der Waals surface area contributed by atoms with E-state index in [2.05, 4.69) is 5.32 Å². The molecule has 118 valence electrons. The molecule has 3 rings (SSSR count). The maximum Gasteiger partial charge on any atom is 0.339 e. The molecule has 0 aliphatic carbocycles. The predicted octanol–water partition coefficient (Wildman–Crippen LogP) is 2.79. The largest absolute Gasteiger partial charge is 0.453 e. The Hall–Kier alpha value is -2.69. The van der Waals surface area contributed by atoms with Crippen molar-refractivity contribution in [2.75, 3.05) is 6.54 Å². The topological polar surface area (TPSA) is 55.4 Å². The van der Waals surface area contributed by atoms with Crippen LogP contribution in [0.5, 0.6) is 0 Å². The zero-order valence-electron chi connectivity index (χ0n) is 12.4. The molecule has 0 saturated heterocycles. The summed E-state index contributed by atoms with van der Waals surface area (Å²) in [4.78, 5) is 23.7. The normalized spacial score (nSPS) is 15.9. The number of carbonyl (C=O) groups excluding carboxylic acids is 2. The summed E-state index contributed by atoms with van der Waals surface area (Å²) in [5.74, 6) is -0.877. The Morgan fingerprint density at radius 1 is 1.17 bits per heavy atom. The molecule has 0 spiro atoms. The van der Waals surface area contributed by atoms with E-state index in [0.717, 1.165) is 11.1 Å². The van der Waals surface area contributed by atoms with Crippen molar-refractivity contribution in [3.8, 4) is 0 Å². The molecule has 2 aromatic rings. The number of rotatable bonds is 5. The van der Waals surface area contributed by atoms with Gasteiger partial charge in [0, 0.05) is 12.1 Å². The molecule has 5 heteroatoms. The third kappa shape index (κ3) is 3.56. The molecule has 4 nitrogen and oxygen atoms in total. The van der Waals surface area contributed by atoms with Gasteiger partial charge in [-0.3, -0.25) is 4.79 Å². The number of fused-ring (bicyclic) bond motifs is 1. The van der Waals surface area contributed by atoms with E-state index in [1.807, 2.05) is 12.1 Å². The molecule has 2 aromatic carbocycles. The molecule has 1 aliphatic heterocycles. The van der Waals surface area contributed by atoms with Crippen LogP contribution in [0.15, 0.2) is 48.5 Å². The Morgan fingerprint density at radius 2 is 2.00 bits per heavy atom. The molecule has 0 unspecified atom stereocenters. The molecular weight excluding hydrogens is 297 g/mol. The molecule has 0 fully saturated rings. The number of hydrogen-bond donors (Lipinski definition) is 1. The summed E-state index contributed by atoms with van der Waals surface area (Å²) < 4.78 is 18.3. The first-order chi connectivity index (χ1) is 11.1. The number of halogens is 1. The van der Waals surface area contributed by atoms with Crippen LogP contribution in [0.3, 0.4) is 0 Å². The summed E-state index contributed by atoms with van der Waals surface area (Å²) >= 11 is 0. The lowest BCUT2D eigenvalue weighted by Gasteiger charge is -2.11. The average molecular weight is 313 g/mol. The zero-order valence-corrected chi connectivity index (χ0v) is 12.4. The van der Waals surface area contributed by atoms with Gasteiger partial charge in [0.05, 0.1) is 12.0 Å². The van der Waals surface area contributed by atoms with Gasteiger partial charge in [0.1, 0.15) is 11.9 Å². The minimum absolute atomic E-state index is 0.0892. The lowest BCUT2D eigenvalue weighted by Crippen LogP contribution is -2.27. The highest BCUT2D eigenvalue weighted by Crippen LogP contribution is 2.32. The Morgan fingerprint density at radius 3 is 2.83 bits per heavy atom. The van der Waals surface area contributed by atoms with Crippen molar-refractivity contribution in [2.24, 2.45) is 0 Å². The van der Waals surface area contributed by atoms with Crippen molar-refractivity contribution in [3.05, 3.63) is 71.0 Å². The van der Waals surface area contributed by atoms with Crippen LogP contribution in [0.25, 0.3) is 0 Å². The van der Waals surface area contributed by atoms with Crippen LogP contribution in [0, 0.1) is 5.82 Å². The third-order valence-corrected chi connectivity index (χ3v) is 3.77. The van der Waals surface area contributed by atoms with Gasteiger partial charge in [-0.1, -0.05) is 30.3 Å². The summed E-state index contributed by atoms with van der Waals surface area (Å²) in [7, 11) is 0. The van der Waals surface area contributed by atoms with E-state index in [9.17, 15) is 14.0 Å². The Bertz CT molecular complexity index is 745. The molecule has 1 heterocycles.